The number of nitrogens with zero attached hydrogens (tertiary/aromatic N) is 1. The van der Waals surface area contributed by atoms with Gasteiger partial charge < -0.3 is 10.4 Å². The summed E-state index contributed by atoms with van der Waals surface area (Å²) < 4.78 is 12.9. The Labute approximate surface area is 135 Å². The lowest BCUT2D eigenvalue weighted by molar-refractivity contribution is 0.148. The number of hydrogen-bond acceptors (Lipinski definition) is 4. The standard InChI is InChI=1S/C17H23FN2OS/c1-17(2,12-21)8-3-9-19-10-15-11-22-16(20-15)13-4-6-14(18)7-5-13/h4-7,11,19,21H,3,8-10,12H2,1-2H3. The number of rotatable bonds is 8. The van der Waals surface area contributed by atoms with E-state index in [0.717, 1.165) is 42.2 Å². The van der Waals surface area contributed by atoms with Crippen LogP contribution >= 0.6 is 11.3 Å². The van der Waals surface area contributed by atoms with Crippen LogP contribution in [-0.2, 0) is 6.54 Å². The highest BCUT2D eigenvalue weighted by atomic mass is 32.1. The van der Waals surface area contributed by atoms with Crippen LogP contribution in [0.3, 0.4) is 0 Å². The van der Waals surface area contributed by atoms with Gasteiger partial charge in [-0.3, -0.25) is 0 Å². The number of hydrogen-bond donors (Lipinski definition) is 2. The fraction of sp³-hybridized carbons (Fsp3) is 0.471. The number of aliphatic hydroxyl groups excluding tert-OH is 1. The Balaban J connectivity index is 1.77. The van der Waals surface area contributed by atoms with Crippen LogP contribution in [0.2, 0.25) is 0 Å². The Bertz CT molecular complexity index is 581. The van der Waals surface area contributed by atoms with Crippen LogP contribution in [0.5, 0.6) is 0 Å². The number of aromatic nitrogens is 1. The summed E-state index contributed by atoms with van der Waals surface area (Å²) in [5.74, 6) is -0.229. The smallest absolute Gasteiger partial charge is 0.123 e. The van der Waals surface area contributed by atoms with Crippen molar-refractivity contribution in [2.75, 3.05) is 13.2 Å². The molecule has 0 aliphatic heterocycles. The second-order valence-electron chi connectivity index (χ2n) is 6.25. The summed E-state index contributed by atoms with van der Waals surface area (Å²) in [4.78, 5) is 4.57. The zero-order chi connectivity index (χ0) is 16.0. The summed E-state index contributed by atoms with van der Waals surface area (Å²) in [6.45, 7) is 6.01. The van der Waals surface area contributed by atoms with Gasteiger partial charge >= 0.3 is 0 Å². The second kappa shape index (κ2) is 7.81. The van der Waals surface area contributed by atoms with Crippen LogP contribution in [0.15, 0.2) is 29.6 Å². The molecule has 0 unspecified atom stereocenters. The predicted molar refractivity (Wildman–Crippen MR) is 89.3 cm³/mol. The average Bonchev–Trinajstić information content (AvgIpc) is 2.96. The van der Waals surface area contributed by atoms with Crippen LogP contribution in [0, 0.1) is 11.2 Å². The third-order valence-electron chi connectivity index (χ3n) is 3.58. The van der Waals surface area contributed by atoms with Gasteiger partial charge in [0.15, 0.2) is 0 Å². The molecular formula is C17H23FN2OS. The van der Waals surface area contributed by atoms with Gasteiger partial charge in [0, 0.05) is 24.1 Å². The van der Waals surface area contributed by atoms with Gasteiger partial charge in [-0.25, -0.2) is 9.37 Å². The maximum atomic E-state index is 12.9. The van der Waals surface area contributed by atoms with Crippen LogP contribution in [-0.4, -0.2) is 23.2 Å². The molecule has 1 heterocycles. The van der Waals surface area contributed by atoms with E-state index in [1.807, 2.05) is 5.38 Å². The highest BCUT2D eigenvalue weighted by Crippen LogP contribution is 2.24. The molecule has 0 amide bonds. The fourth-order valence-electron chi connectivity index (χ4n) is 2.10. The molecule has 2 rings (SSSR count). The van der Waals surface area contributed by atoms with Gasteiger partial charge in [-0.05, 0) is 49.1 Å². The van der Waals surface area contributed by atoms with E-state index in [1.165, 1.54) is 12.1 Å². The molecule has 0 aliphatic rings. The lowest BCUT2D eigenvalue weighted by Gasteiger charge is -2.21. The first kappa shape index (κ1) is 17.1. The van der Waals surface area contributed by atoms with Gasteiger partial charge in [-0.1, -0.05) is 13.8 Å². The molecule has 0 aliphatic carbocycles. The maximum Gasteiger partial charge on any atom is 0.123 e. The first-order valence-electron chi connectivity index (χ1n) is 7.52. The number of aliphatic hydroxyl groups is 1. The molecule has 0 saturated heterocycles. The van der Waals surface area contributed by atoms with E-state index in [-0.39, 0.29) is 17.8 Å². The van der Waals surface area contributed by atoms with Crippen molar-refractivity contribution in [3.63, 3.8) is 0 Å². The van der Waals surface area contributed by atoms with Crippen molar-refractivity contribution in [3.8, 4) is 10.6 Å². The van der Waals surface area contributed by atoms with Gasteiger partial charge in [-0.2, -0.15) is 0 Å². The zero-order valence-electron chi connectivity index (χ0n) is 13.1. The van der Waals surface area contributed by atoms with Gasteiger partial charge in [0.2, 0.25) is 0 Å². The highest BCUT2D eigenvalue weighted by molar-refractivity contribution is 7.13. The van der Waals surface area contributed by atoms with Gasteiger partial charge in [0.05, 0.1) is 5.69 Å². The summed E-state index contributed by atoms with van der Waals surface area (Å²) in [6, 6.07) is 6.42. The summed E-state index contributed by atoms with van der Waals surface area (Å²) >= 11 is 1.57. The van der Waals surface area contributed by atoms with E-state index >= 15 is 0 Å². The van der Waals surface area contributed by atoms with E-state index in [2.05, 4.69) is 24.1 Å². The van der Waals surface area contributed by atoms with Crippen LogP contribution in [0.4, 0.5) is 4.39 Å². The lowest BCUT2D eigenvalue weighted by Crippen LogP contribution is -2.21. The van der Waals surface area contributed by atoms with Crippen LogP contribution in [0.25, 0.3) is 10.6 Å². The summed E-state index contributed by atoms with van der Waals surface area (Å²) in [7, 11) is 0. The minimum absolute atomic E-state index is 0.00192. The Morgan fingerprint density at radius 3 is 2.68 bits per heavy atom. The number of halogens is 1. The van der Waals surface area contributed by atoms with Gasteiger partial charge in [0.1, 0.15) is 10.8 Å². The molecule has 0 saturated carbocycles. The quantitative estimate of drug-likeness (QED) is 0.726. The van der Waals surface area contributed by atoms with E-state index in [9.17, 15) is 9.50 Å². The first-order chi connectivity index (χ1) is 10.5. The number of thiazole rings is 1. The summed E-state index contributed by atoms with van der Waals surface area (Å²) in [5.41, 5.74) is 1.95. The third kappa shape index (κ3) is 5.16. The minimum atomic E-state index is -0.229. The fourth-order valence-corrected chi connectivity index (χ4v) is 2.93. The molecule has 0 spiro atoms. The number of benzene rings is 1. The molecule has 2 N–H and O–H groups in total. The lowest BCUT2D eigenvalue weighted by atomic mass is 9.89. The first-order valence-corrected chi connectivity index (χ1v) is 8.40. The van der Waals surface area contributed by atoms with Crippen LogP contribution < -0.4 is 5.32 Å². The molecule has 22 heavy (non-hydrogen) atoms. The zero-order valence-corrected chi connectivity index (χ0v) is 13.9. The van der Waals surface area contributed by atoms with Gasteiger partial charge in [-0.15, -0.1) is 11.3 Å². The Kier molecular flexibility index (Phi) is 6.06. The molecule has 0 radical (unpaired) electrons. The molecule has 3 nitrogen and oxygen atoms in total. The monoisotopic (exact) mass is 322 g/mol. The molecule has 5 heteroatoms. The molecule has 2 aromatic rings. The van der Waals surface area contributed by atoms with E-state index in [1.54, 1.807) is 23.5 Å². The van der Waals surface area contributed by atoms with E-state index in [0.29, 0.717) is 0 Å². The average molecular weight is 322 g/mol. The minimum Gasteiger partial charge on any atom is -0.396 e. The third-order valence-corrected chi connectivity index (χ3v) is 4.52. The van der Waals surface area contributed by atoms with E-state index < -0.39 is 0 Å². The Hall–Kier alpha value is -1.30. The molecule has 0 atom stereocenters. The van der Waals surface area contributed by atoms with Crippen molar-refractivity contribution in [2.45, 2.75) is 33.2 Å². The molecular weight excluding hydrogens is 299 g/mol. The highest BCUT2D eigenvalue weighted by Gasteiger charge is 2.15. The van der Waals surface area contributed by atoms with Crippen molar-refractivity contribution >= 4 is 11.3 Å². The Morgan fingerprint density at radius 2 is 2.00 bits per heavy atom. The number of nitrogens with one attached hydrogen (secondary N) is 1. The molecule has 1 aromatic carbocycles. The molecule has 0 fully saturated rings. The SMILES string of the molecule is CC(C)(CO)CCCNCc1csc(-c2ccc(F)cc2)n1. The predicted octanol–water partition coefficient (Wildman–Crippen LogP) is 3.84. The Morgan fingerprint density at radius 1 is 1.27 bits per heavy atom. The van der Waals surface area contributed by atoms with Crippen LogP contribution in [0.1, 0.15) is 32.4 Å². The maximum absolute atomic E-state index is 12.9. The summed E-state index contributed by atoms with van der Waals surface area (Å²) in [6.07, 6.45) is 2.02. The summed E-state index contributed by atoms with van der Waals surface area (Å²) in [5, 5.41) is 15.5. The van der Waals surface area contributed by atoms with Crippen molar-refractivity contribution in [2.24, 2.45) is 5.41 Å². The molecule has 120 valence electrons. The largest absolute Gasteiger partial charge is 0.396 e. The molecule has 0 bridgehead atoms. The molecule has 1 aromatic heterocycles. The topological polar surface area (TPSA) is 45.1 Å². The van der Waals surface area contributed by atoms with E-state index in [4.69, 9.17) is 0 Å². The van der Waals surface area contributed by atoms with Crippen molar-refractivity contribution < 1.29 is 9.50 Å². The normalized spacial score (nSPS) is 11.8. The van der Waals surface area contributed by atoms with Gasteiger partial charge in [0.25, 0.3) is 0 Å². The van der Waals surface area contributed by atoms with Crippen molar-refractivity contribution in [1.29, 1.82) is 0 Å². The van der Waals surface area contributed by atoms with Crippen molar-refractivity contribution in [3.05, 3.63) is 41.2 Å². The van der Waals surface area contributed by atoms with Crippen molar-refractivity contribution in [1.82, 2.24) is 10.3 Å². The second-order valence-corrected chi connectivity index (χ2v) is 7.11.